The van der Waals surface area contributed by atoms with Crippen LogP contribution in [-0.4, -0.2) is 31.8 Å². The van der Waals surface area contributed by atoms with Crippen molar-refractivity contribution in [1.29, 1.82) is 0 Å². The van der Waals surface area contributed by atoms with Crippen LogP contribution in [0.4, 0.5) is 5.69 Å². The summed E-state index contributed by atoms with van der Waals surface area (Å²) in [6, 6.07) is 8.21. The lowest BCUT2D eigenvalue weighted by Crippen LogP contribution is -2.56. The van der Waals surface area contributed by atoms with E-state index in [9.17, 15) is 0 Å². The molecule has 0 spiro atoms. The number of aliphatic imine (C=N–C) groups is 1. The Bertz CT molecular complexity index is 498. The minimum atomic E-state index is -0.0906. The van der Waals surface area contributed by atoms with Crippen molar-refractivity contribution < 1.29 is 4.74 Å². The van der Waals surface area contributed by atoms with Gasteiger partial charge in [-0.15, -0.1) is 0 Å². The molecule has 102 valence electrons. The molecule has 19 heavy (non-hydrogen) atoms. The first-order valence-electron chi connectivity index (χ1n) is 6.52. The zero-order valence-corrected chi connectivity index (χ0v) is 12.6. The zero-order chi connectivity index (χ0) is 13.5. The van der Waals surface area contributed by atoms with E-state index in [0.717, 1.165) is 16.7 Å². The minimum Gasteiger partial charge on any atom is -0.382 e. The average Bonchev–Trinajstić information content (AvgIpc) is 3.19. The number of ether oxygens (including phenoxy) is 1. The first-order valence-corrected chi connectivity index (χ1v) is 7.31. The molecule has 2 aliphatic rings. The normalized spacial score (nSPS) is 26.6. The van der Waals surface area contributed by atoms with Gasteiger partial charge < -0.3 is 15.4 Å². The number of hydrogen-bond acceptors (Lipinski definition) is 4. The summed E-state index contributed by atoms with van der Waals surface area (Å²) in [5.74, 6) is 1.23. The fourth-order valence-electron chi connectivity index (χ4n) is 2.98. The maximum atomic E-state index is 6.13. The van der Waals surface area contributed by atoms with Gasteiger partial charge >= 0.3 is 0 Å². The van der Waals surface area contributed by atoms with Gasteiger partial charge in [0.15, 0.2) is 5.96 Å². The summed E-state index contributed by atoms with van der Waals surface area (Å²) in [7, 11) is 1.75. The second-order valence-electron chi connectivity index (χ2n) is 5.30. The summed E-state index contributed by atoms with van der Waals surface area (Å²) in [6.45, 7) is 1.39. The Labute approximate surface area is 121 Å². The number of nitrogens with zero attached hydrogens (tertiary/aromatic N) is 2. The van der Waals surface area contributed by atoms with E-state index in [4.69, 9.17) is 10.5 Å². The van der Waals surface area contributed by atoms with E-state index >= 15 is 0 Å². The van der Waals surface area contributed by atoms with E-state index < -0.39 is 0 Å². The quantitative estimate of drug-likeness (QED) is 0.925. The summed E-state index contributed by atoms with van der Waals surface area (Å²) < 4.78 is 6.54. The highest BCUT2D eigenvalue weighted by molar-refractivity contribution is 9.10. The Morgan fingerprint density at radius 2 is 2.11 bits per heavy atom. The highest BCUT2D eigenvalue weighted by Gasteiger charge is 2.53. The van der Waals surface area contributed by atoms with Gasteiger partial charge in [-0.1, -0.05) is 15.9 Å². The van der Waals surface area contributed by atoms with Crippen molar-refractivity contribution in [2.24, 2.45) is 16.6 Å². The lowest BCUT2D eigenvalue weighted by molar-refractivity contribution is 0.129. The fraction of sp³-hybridized carbons (Fsp3) is 0.500. The third-order valence-electron chi connectivity index (χ3n) is 4.01. The van der Waals surface area contributed by atoms with Crippen LogP contribution in [0, 0.1) is 5.92 Å². The van der Waals surface area contributed by atoms with Crippen LogP contribution in [0.3, 0.4) is 0 Å². The maximum absolute atomic E-state index is 6.13. The third kappa shape index (κ3) is 2.15. The molecule has 1 aromatic carbocycles. The van der Waals surface area contributed by atoms with Crippen molar-refractivity contribution in [3.05, 3.63) is 28.7 Å². The second-order valence-corrected chi connectivity index (χ2v) is 6.21. The second kappa shape index (κ2) is 4.80. The van der Waals surface area contributed by atoms with Gasteiger partial charge in [-0.05, 0) is 43.0 Å². The Hall–Kier alpha value is -1.07. The predicted molar refractivity (Wildman–Crippen MR) is 80.4 cm³/mol. The van der Waals surface area contributed by atoms with Gasteiger partial charge in [-0.2, -0.15) is 0 Å². The molecule has 3 rings (SSSR count). The third-order valence-corrected chi connectivity index (χ3v) is 4.53. The Morgan fingerprint density at radius 1 is 1.42 bits per heavy atom. The van der Waals surface area contributed by atoms with Gasteiger partial charge in [0.05, 0.1) is 18.7 Å². The van der Waals surface area contributed by atoms with E-state index in [1.54, 1.807) is 7.11 Å². The fourth-order valence-corrected chi connectivity index (χ4v) is 3.24. The van der Waals surface area contributed by atoms with E-state index in [0.29, 0.717) is 18.5 Å². The molecule has 1 aromatic rings. The molecule has 2 N–H and O–H groups in total. The van der Waals surface area contributed by atoms with Crippen LogP contribution < -0.4 is 10.6 Å². The molecule has 0 saturated heterocycles. The molecule has 0 aromatic heterocycles. The van der Waals surface area contributed by atoms with E-state index in [-0.39, 0.29) is 5.54 Å². The lowest BCUT2D eigenvalue weighted by atomic mass is 9.92. The summed E-state index contributed by atoms with van der Waals surface area (Å²) in [5.41, 5.74) is 7.13. The van der Waals surface area contributed by atoms with Crippen molar-refractivity contribution in [2.45, 2.75) is 18.4 Å². The van der Waals surface area contributed by atoms with E-state index in [1.165, 1.54) is 12.8 Å². The van der Waals surface area contributed by atoms with Gasteiger partial charge in [0.25, 0.3) is 0 Å². The standard InChI is InChI=1S/C14H18BrN3O/c1-19-9-14(10-2-3-10)8-17-13(16)18(14)12-6-4-11(15)5-7-12/h4-7,10H,2-3,8-9H2,1H3,(H2,16,17). The van der Waals surface area contributed by atoms with Crippen molar-refractivity contribution in [1.82, 2.24) is 0 Å². The van der Waals surface area contributed by atoms with Gasteiger partial charge in [-0.25, -0.2) is 0 Å². The van der Waals surface area contributed by atoms with E-state index in [2.05, 4.69) is 38.0 Å². The smallest absolute Gasteiger partial charge is 0.196 e. The number of nitrogens with two attached hydrogens (primary N) is 1. The lowest BCUT2D eigenvalue weighted by Gasteiger charge is -2.39. The molecule has 1 aliphatic heterocycles. The molecule has 1 fully saturated rings. The molecule has 0 amide bonds. The maximum Gasteiger partial charge on any atom is 0.196 e. The molecule has 1 atom stereocenters. The SMILES string of the molecule is COCC1(C2CC2)CN=C(N)N1c1ccc(Br)cc1. The van der Waals surface area contributed by atoms with Crippen LogP contribution in [0.25, 0.3) is 0 Å². The molecule has 5 heteroatoms. The molecule has 1 heterocycles. The van der Waals surface area contributed by atoms with Gasteiger partial charge in [-0.3, -0.25) is 4.99 Å². The van der Waals surface area contributed by atoms with Crippen molar-refractivity contribution in [3.63, 3.8) is 0 Å². The number of anilines is 1. The summed E-state index contributed by atoms with van der Waals surface area (Å²) in [6.07, 6.45) is 2.47. The molecule has 4 nitrogen and oxygen atoms in total. The van der Waals surface area contributed by atoms with Gasteiger partial charge in [0.2, 0.25) is 0 Å². The van der Waals surface area contributed by atoms with Gasteiger partial charge in [0, 0.05) is 17.3 Å². The summed E-state index contributed by atoms with van der Waals surface area (Å²) >= 11 is 3.47. The zero-order valence-electron chi connectivity index (χ0n) is 11.0. The first-order chi connectivity index (χ1) is 9.17. The summed E-state index contributed by atoms with van der Waals surface area (Å²) in [5, 5.41) is 0. The molecule has 0 bridgehead atoms. The number of methoxy groups -OCH3 is 1. The predicted octanol–water partition coefficient (Wildman–Crippen LogP) is 2.38. The molecule has 0 radical (unpaired) electrons. The van der Waals surface area contributed by atoms with Crippen LogP contribution in [-0.2, 0) is 4.74 Å². The number of hydrogen-bond donors (Lipinski definition) is 1. The highest BCUT2D eigenvalue weighted by atomic mass is 79.9. The van der Waals surface area contributed by atoms with Gasteiger partial charge in [0.1, 0.15) is 0 Å². The Morgan fingerprint density at radius 3 is 2.68 bits per heavy atom. The molecular formula is C14H18BrN3O. The topological polar surface area (TPSA) is 50.9 Å². The summed E-state index contributed by atoms with van der Waals surface area (Å²) in [4.78, 5) is 6.65. The van der Waals surface area contributed by atoms with Crippen molar-refractivity contribution in [3.8, 4) is 0 Å². The number of benzene rings is 1. The van der Waals surface area contributed by atoms with Crippen LogP contribution in [0.5, 0.6) is 0 Å². The minimum absolute atomic E-state index is 0.0906. The number of halogens is 1. The van der Waals surface area contributed by atoms with Crippen LogP contribution in [0.1, 0.15) is 12.8 Å². The largest absolute Gasteiger partial charge is 0.382 e. The van der Waals surface area contributed by atoms with Crippen molar-refractivity contribution >= 4 is 27.6 Å². The van der Waals surface area contributed by atoms with Crippen molar-refractivity contribution in [2.75, 3.05) is 25.2 Å². The van der Waals surface area contributed by atoms with Crippen LogP contribution in [0.2, 0.25) is 0 Å². The Kier molecular flexibility index (Phi) is 3.27. The van der Waals surface area contributed by atoms with Crippen LogP contribution in [0.15, 0.2) is 33.7 Å². The first kappa shape index (κ1) is 12.9. The molecule has 1 saturated carbocycles. The Balaban J connectivity index is 1.99. The average molecular weight is 324 g/mol. The number of guanidine groups is 1. The number of rotatable bonds is 4. The van der Waals surface area contributed by atoms with E-state index in [1.807, 2.05) is 12.1 Å². The highest BCUT2D eigenvalue weighted by Crippen LogP contribution is 2.47. The molecule has 1 aliphatic carbocycles. The monoisotopic (exact) mass is 323 g/mol. The molecular weight excluding hydrogens is 306 g/mol. The molecule has 1 unspecified atom stereocenters. The van der Waals surface area contributed by atoms with Crippen LogP contribution >= 0.6 is 15.9 Å².